The number of anilines is 2. The number of nitrogens with two attached hydrogens (primary N) is 1. The number of halogens is 2. The Morgan fingerprint density at radius 1 is 1.07 bits per heavy atom. The predicted molar refractivity (Wildman–Crippen MR) is 109 cm³/mol. The molecule has 2 aromatic carbocycles. The number of carbonyl (C=O) groups is 3. The van der Waals surface area contributed by atoms with Crippen molar-refractivity contribution in [1.29, 1.82) is 0 Å². The predicted octanol–water partition coefficient (Wildman–Crippen LogP) is 3.05. The molecule has 9 heteroatoms. The summed E-state index contributed by atoms with van der Waals surface area (Å²) in [4.78, 5) is 39.4. The second kappa shape index (κ2) is 7.61. The van der Waals surface area contributed by atoms with E-state index in [1.165, 1.54) is 6.07 Å². The Kier molecular flexibility index (Phi) is 5.40. The van der Waals surface area contributed by atoms with Crippen LogP contribution in [0.2, 0.25) is 10.0 Å². The Hall–Kier alpha value is -2.90. The lowest BCUT2D eigenvalue weighted by Crippen LogP contribution is -2.35. The molecule has 0 radical (unpaired) electrons. The molecule has 1 aliphatic heterocycles. The Balaban J connectivity index is 1.95. The topological polar surface area (TPSA) is 105 Å². The van der Waals surface area contributed by atoms with E-state index in [9.17, 15) is 14.4 Å². The molecule has 2 aromatic rings. The molecular formula is C19H16Cl2N4O3. The number of nitrogens with one attached hydrogen (secondary N) is 1. The maximum absolute atomic E-state index is 12.9. The molecule has 0 saturated carbocycles. The smallest absolute Gasteiger partial charge is 0.282 e. The Labute approximate surface area is 171 Å². The Morgan fingerprint density at radius 2 is 1.68 bits per heavy atom. The number of carbonyl (C=O) groups excluding carboxylic acids is 3. The summed E-state index contributed by atoms with van der Waals surface area (Å²) in [6, 6.07) is 9.57. The van der Waals surface area contributed by atoms with Gasteiger partial charge >= 0.3 is 0 Å². The molecule has 28 heavy (non-hydrogen) atoms. The highest BCUT2D eigenvalue weighted by Crippen LogP contribution is 2.30. The third-order valence-electron chi connectivity index (χ3n) is 4.41. The first-order chi connectivity index (χ1) is 13.2. The molecule has 0 spiro atoms. The standard InChI is InChI=1S/C19H16Cl2N4O3/c1-9-7-11(20)3-5-13(9)23-17(26)15-16(24-22)19(28)25(18(15)27)14-6-4-12(21)8-10(14)2/h3-8,15H,22H2,1-2H3,(H,23,26)/b24-16-/t15-/m0/s1. The molecule has 1 heterocycles. The van der Waals surface area contributed by atoms with Gasteiger partial charge in [0.1, 0.15) is 5.71 Å². The molecule has 1 atom stereocenters. The molecule has 1 fully saturated rings. The van der Waals surface area contributed by atoms with E-state index in [1.54, 1.807) is 44.2 Å². The van der Waals surface area contributed by atoms with Gasteiger partial charge in [-0.1, -0.05) is 23.2 Å². The second-order valence-electron chi connectivity index (χ2n) is 6.31. The zero-order valence-electron chi connectivity index (χ0n) is 15.0. The lowest BCUT2D eigenvalue weighted by Gasteiger charge is -2.17. The van der Waals surface area contributed by atoms with E-state index in [-0.39, 0.29) is 5.71 Å². The molecule has 144 valence electrons. The van der Waals surface area contributed by atoms with Gasteiger partial charge in [-0.2, -0.15) is 5.10 Å². The second-order valence-corrected chi connectivity index (χ2v) is 7.18. The van der Waals surface area contributed by atoms with E-state index >= 15 is 0 Å². The Bertz CT molecular complexity index is 1040. The van der Waals surface area contributed by atoms with Crippen molar-refractivity contribution in [3.63, 3.8) is 0 Å². The van der Waals surface area contributed by atoms with Crippen LogP contribution in [-0.4, -0.2) is 23.4 Å². The van der Waals surface area contributed by atoms with Crippen LogP contribution in [0.1, 0.15) is 11.1 Å². The van der Waals surface area contributed by atoms with Crippen LogP contribution < -0.4 is 16.1 Å². The van der Waals surface area contributed by atoms with E-state index in [2.05, 4.69) is 10.4 Å². The van der Waals surface area contributed by atoms with Crippen LogP contribution >= 0.6 is 23.2 Å². The first kappa shape index (κ1) is 19.9. The average molecular weight is 419 g/mol. The average Bonchev–Trinajstić information content (AvgIpc) is 2.88. The van der Waals surface area contributed by atoms with Crippen molar-refractivity contribution >= 4 is 58.0 Å². The zero-order chi connectivity index (χ0) is 20.6. The molecular weight excluding hydrogens is 403 g/mol. The molecule has 0 unspecified atom stereocenters. The minimum atomic E-state index is -1.46. The summed E-state index contributed by atoms with van der Waals surface area (Å²) in [5.41, 5.74) is 1.75. The number of nitrogens with zero attached hydrogens (tertiary/aromatic N) is 2. The van der Waals surface area contributed by atoms with E-state index in [4.69, 9.17) is 29.0 Å². The molecule has 7 nitrogen and oxygen atoms in total. The highest BCUT2D eigenvalue weighted by atomic mass is 35.5. The summed E-state index contributed by atoms with van der Waals surface area (Å²) >= 11 is 11.9. The highest BCUT2D eigenvalue weighted by molar-refractivity contribution is 6.61. The van der Waals surface area contributed by atoms with E-state index in [1.807, 2.05) is 0 Å². The van der Waals surface area contributed by atoms with Crippen molar-refractivity contribution < 1.29 is 14.4 Å². The lowest BCUT2D eigenvalue weighted by molar-refractivity contribution is -0.127. The monoisotopic (exact) mass is 418 g/mol. The van der Waals surface area contributed by atoms with Gasteiger partial charge in [-0.05, 0) is 61.4 Å². The first-order valence-electron chi connectivity index (χ1n) is 8.24. The number of hydrogen-bond acceptors (Lipinski definition) is 5. The van der Waals surface area contributed by atoms with Gasteiger partial charge in [0.15, 0.2) is 5.92 Å². The van der Waals surface area contributed by atoms with Gasteiger partial charge in [-0.25, -0.2) is 4.90 Å². The van der Waals surface area contributed by atoms with Gasteiger partial charge in [0.2, 0.25) is 5.91 Å². The lowest BCUT2D eigenvalue weighted by atomic mass is 10.0. The van der Waals surface area contributed by atoms with Crippen LogP contribution in [0.15, 0.2) is 41.5 Å². The zero-order valence-corrected chi connectivity index (χ0v) is 16.5. The molecule has 0 aliphatic carbocycles. The van der Waals surface area contributed by atoms with Gasteiger partial charge in [0, 0.05) is 15.7 Å². The minimum absolute atomic E-state index is 0.318. The summed E-state index contributed by atoms with van der Waals surface area (Å²) in [6.07, 6.45) is 0. The number of benzene rings is 2. The van der Waals surface area contributed by atoms with Gasteiger partial charge in [-0.15, -0.1) is 0 Å². The van der Waals surface area contributed by atoms with Crippen LogP contribution in [0.4, 0.5) is 11.4 Å². The maximum atomic E-state index is 12.9. The normalized spacial score (nSPS) is 18.1. The van der Waals surface area contributed by atoms with Crippen molar-refractivity contribution in [3.05, 3.63) is 57.6 Å². The van der Waals surface area contributed by atoms with Crippen molar-refractivity contribution in [2.45, 2.75) is 13.8 Å². The summed E-state index contributed by atoms with van der Waals surface area (Å²) in [5.74, 6) is 1.69. The SMILES string of the molecule is Cc1cc(Cl)ccc1NC(=O)[C@H]1C(=O)N(c2ccc(Cl)cc2C)C(=O)/C1=N\N. The molecule has 3 amide bonds. The number of rotatable bonds is 3. The van der Waals surface area contributed by atoms with Crippen molar-refractivity contribution in [2.75, 3.05) is 10.2 Å². The van der Waals surface area contributed by atoms with Crippen LogP contribution in [0.5, 0.6) is 0 Å². The highest BCUT2D eigenvalue weighted by Gasteiger charge is 2.50. The molecule has 0 aromatic heterocycles. The fourth-order valence-electron chi connectivity index (χ4n) is 3.02. The van der Waals surface area contributed by atoms with Gasteiger partial charge < -0.3 is 11.2 Å². The van der Waals surface area contributed by atoms with Crippen LogP contribution in [0, 0.1) is 19.8 Å². The summed E-state index contributed by atoms with van der Waals surface area (Å²) in [5, 5.41) is 7.02. The molecule has 3 N–H and O–H groups in total. The van der Waals surface area contributed by atoms with Crippen molar-refractivity contribution in [3.8, 4) is 0 Å². The molecule has 1 aliphatic rings. The number of hydrazone groups is 1. The third-order valence-corrected chi connectivity index (χ3v) is 4.88. The van der Waals surface area contributed by atoms with Gasteiger partial charge in [-0.3, -0.25) is 14.4 Å². The van der Waals surface area contributed by atoms with Crippen LogP contribution in [-0.2, 0) is 14.4 Å². The molecule has 0 bridgehead atoms. The van der Waals surface area contributed by atoms with Gasteiger partial charge in [0.05, 0.1) is 5.69 Å². The summed E-state index contributed by atoms with van der Waals surface area (Å²) in [7, 11) is 0. The summed E-state index contributed by atoms with van der Waals surface area (Å²) < 4.78 is 0. The maximum Gasteiger partial charge on any atom is 0.282 e. The van der Waals surface area contributed by atoms with E-state index in [0.717, 1.165) is 4.90 Å². The number of imide groups is 1. The van der Waals surface area contributed by atoms with Crippen LogP contribution in [0.25, 0.3) is 0 Å². The number of aryl methyl sites for hydroxylation is 2. The fourth-order valence-corrected chi connectivity index (χ4v) is 3.47. The number of hydrogen-bond donors (Lipinski definition) is 2. The van der Waals surface area contributed by atoms with Crippen molar-refractivity contribution in [1.82, 2.24) is 0 Å². The third kappa shape index (κ3) is 3.46. The molecule has 1 saturated heterocycles. The quantitative estimate of drug-likeness (QED) is 0.345. The van der Waals surface area contributed by atoms with Crippen LogP contribution in [0.3, 0.4) is 0 Å². The fraction of sp³-hybridized carbons (Fsp3) is 0.158. The van der Waals surface area contributed by atoms with Gasteiger partial charge in [0.25, 0.3) is 11.8 Å². The largest absolute Gasteiger partial charge is 0.325 e. The number of amides is 3. The minimum Gasteiger partial charge on any atom is -0.325 e. The van der Waals surface area contributed by atoms with E-state index in [0.29, 0.717) is 32.5 Å². The first-order valence-corrected chi connectivity index (χ1v) is 8.99. The Morgan fingerprint density at radius 3 is 2.25 bits per heavy atom. The summed E-state index contributed by atoms with van der Waals surface area (Å²) in [6.45, 7) is 3.45. The van der Waals surface area contributed by atoms with Crippen molar-refractivity contribution in [2.24, 2.45) is 16.9 Å². The van der Waals surface area contributed by atoms with E-state index < -0.39 is 23.6 Å². The molecule has 3 rings (SSSR count).